The Morgan fingerprint density at radius 3 is 2.29 bits per heavy atom. The van der Waals surface area contributed by atoms with Crippen molar-refractivity contribution in [1.82, 2.24) is 0 Å². The first-order valence-electron chi connectivity index (χ1n) is 3.99. The van der Waals surface area contributed by atoms with Gasteiger partial charge in [0.25, 0.3) is 0 Å². The van der Waals surface area contributed by atoms with Gasteiger partial charge in [-0.15, -0.1) is 12.4 Å². The van der Waals surface area contributed by atoms with Crippen LogP contribution in [0.15, 0.2) is 36.2 Å². The van der Waals surface area contributed by atoms with E-state index in [-0.39, 0.29) is 24.8 Å². The predicted molar refractivity (Wildman–Crippen MR) is 55.6 cm³/mol. The largest absolute Gasteiger partial charge is 0.327 e. The van der Waals surface area contributed by atoms with Crippen LogP contribution in [0.2, 0.25) is 0 Å². The molecule has 0 aliphatic heterocycles. The molecule has 0 aliphatic carbocycles. The van der Waals surface area contributed by atoms with Crippen LogP contribution >= 0.6 is 12.4 Å². The van der Waals surface area contributed by atoms with Gasteiger partial charge in [0.1, 0.15) is 5.82 Å². The maximum absolute atomic E-state index is 12.5. The molecule has 14 heavy (non-hydrogen) atoms. The van der Waals surface area contributed by atoms with Crippen molar-refractivity contribution in [2.24, 2.45) is 5.73 Å². The molecule has 0 radical (unpaired) electrons. The van der Waals surface area contributed by atoms with Crippen LogP contribution in [0.3, 0.4) is 0 Å². The SMILES string of the molecule is Cl.NCC(=CF)Cc1ccc(F)cc1. The van der Waals surface area contributed by atoms with Crippen molar-refractivity contribution in [3.8, 4) is 0 Å². The minimum Gasteiger partial charge on any atom is -0.327 e. The van der Waals surface area contributed by atoms with Gasteiger partial charge >= 0.3 is 0 Å². The molecule has 0 fully saturated rings. The molecule has 0 atom stereocenters. The monoisotopic (exact) mass is 219 g/mol. The van der Waals surface area contributed by atoms with Crippen LogP contribution in [0.25, 0.3) is 0 Å². The summed E-state index contributed by atoms with van der Waals surface area (Å²) in [4.78, 5) is 0. The second kappa shape index (κ2) is 6.51. The number of hydrogen-bond acceptors (Lipinski definition) is 1. The van der Waals surface area contributed by atoms with Gasteiger partial charge in [-0.3, -0.25) is 0 Å². The zero-order valence-electron chi connectivity index (χ0n) is 7.54. The van der Waals surface area contributed by atoms with E-state index >= 15 is 0 Å². The molecule has 0 amide bonds. The second-order valence-electron chi connectivity index (χ2n) is 2.77. The molecule has 0 unspecified atom stereocenters. The van der Waals surface area contributed by atoms with E-state index < -0.39 is 0 Å². The van der Waals surface area contributed by atoms with E-state index in [1.807, 2.05) is 0 Å². The average molecular weight is 220 g/mol. The molecule has 0 aliphatic rings. The lowest BCUT2D eigenvalue weighted by Crippen LogP contribution is -2.05. The molecule has 78 valence electrons. The first-order valence-corrected chi connectivity index (χ1v) is 3.99. The molecule has 1 aromatic rings. The molecule has 2 N–H and O–H groups in total. The fourth-order valence-corrected chi connectivity index (χ4v) is 1.02. The van der Waals surface area contributed by atoms with E-state index in [2.05, 4.69) is 0 Å². The molecular weight excluding hydrogens is 208 g/mol. The summed E-state index contributed by atoms with van der Waals surface area (Å²) in [6.07, 6.45) is 0.941. The second-order valence-corrected chi connectivity index (χ2v) is 2.77. The number of rotatable bonds is 3. The summed E-state index contributed by atoms with van der Waals surface area (Å²) in [7, 11) is 0. The quantitative estimate of drug-likeness (QED) is 0.831. The summed E-state index contributed by atoms with van der Waals surface area (Å²) in [5.41, 5.74) is 6.64. The minimum atomic E-state index is -0.290. The van der Waals surface area contributed by atoms with Crippen LogP contribution in [0.1, 0.15) is 5.56 Å². The van der Waals surface area contributed by atoms with Crippen molar-refractivity contribution in [2.75, 3.05) is 6.54 Å². The van der Waals surface area contributed by atoms with Gasteiger partial charge in [-0.2, -0.15) is 0 Å². The maximum atomic E-state index is 12.5. The number of benzene rings is 1. The zero-order valence-corrected chi connectivity index (χ0v) is 8.36. The number of hydrogen-bond donors (Lipinski definition) is 1. The molecule has 0 bridgehead atoms. The van der Waals surface area contributed by atoms with Crippen LogP contribution in [0.5, 0.6) is 0 Å². The molecule has 0 aromatic heterocycles. The summed E-state index contributed by atoms with van der Waals surface area (Å²) < 4.78 is 24.6. The van der Waals surface area contributed by atoms with Crippen molar-refractivity contribution in [2.45, 2.75) is 6.42 Å². The van der Waals surface area contributed by atoms with Crippen molar-refractivity contribution >= 4 is 12.4 Å². The molecule has 0 spiro atoms. The highest BCUT2D eigenvalue weighted by Crippen LogP contribution is 2.08. The molecule has 0 saturated heterocycles. The Morgan fingerprint density at radius 2 is 1.86 bits per heavy atom. The first-order chi connectivity index (χ1) is 6.26. The highest BCUT2D eigenvalue weighted by Gasteiger charge is 1.98. The summed E-state index contributed by atoms with van der Waals surface area (Å²) in [6.45, 7) is 0.188. The van der Waals surface area contributed by atoms with Gasteiger partial charge in [0, 0.05) is 6.54 Å². The molecule has 0 heterocycles. The van der Waals surface area contributed by atoms with Gasteiger partial charge in [-0.25, -0.2) is 8.78 Å². The Morgan fingerprint density at radius 1 is 1.29 bits per heavy atom. The van der Waals surface area contributed by atoms with E-state index in [9.17, 15) is 8.78 Å². The third-order valence-electron chi connectivity index (χ3n) is 1.76. The Hall–Kier alpha value is -0.930. The third kappa shape index (κ3) is 3.85. The molecule has 1 nitrogen and oxygen atoms in total. The van der Waals surface area contributed by atoms with Crippen molar-refractivity contribution in [3.05, 3.63) is 47.5 Å². The Labute approximate surface area is 88.0 Å². The van der Waals surface area contributed by atoms with Gasteiger partial charge in [-0.05, 0) is 29.7 Å². The van der Waals surface area contributed by atoms with E-state index in [1.54, 1.807) is 12.1 Å². The lowest BCUT2D eigenvalue weighted by Gasteiger charge is -2.02. The van der Waals surface area contributed by atoms with E-state index in [0.717, 1.165) is 5.56 Å². The summed E-state index contributed by atoms with van der Waals surface area (Å²) in [5.74, 6) is -0.290. The molecule has 1 aromatic carbocycles. The smallest absolute Gasteiger partial charge is 0.123 e. The van der Waals surface area contributed by atoms with Crippen LogP contribution in [-0.2, 0) is 6.42 Å². The Kier molecular flexibility index (Phi) is 6.08. The van der Waals surface area contributed by atoms with Gasteiger partial charge in [-0.1, -0.05) is 12.1 Å². The number of nitrogens with two attached hydrogens (primary N) is 1. The molecule has 4 heteroatoms. The van der Waals surface area contributed by atoms with Gasteiger partial charge in [0.05, 0.1) is 6.33 Å². The van der Waals surface area contributed by atoms with E-state index in [4.69, 9.17) is 5.73 Å². The van der Waals surface area contributed by atoms with Crippen LogP contribution in [0, 0.1) is 5.82 Å². The minimum absolute atomic E-state index is 0. The zero-order chi connectivity index (χ0) is 9.68. The predicted octanol–water partition coefficient (Wildman–Crippen LogP) is 2.60. The van der Waals surface area contributed by atoms with Crippen LogP contribution < -0.4 is 5.73 Å². The van der Waals surface area contributed by atoms with Crippen LogP contribution in [-0.4, -0.2) is 6.54 Å². The Balaban J connectivity index is 0.00000169. The lowest BCUT2D eigenvalue weighted by molar-refractivity contribution is 0.627. The summed E-state index contributed by atoms with van der Waals surface area (Å²) in [6, 6.07) is 5.94. The molecule has 0 saturated carbocycles. The van der Waals surface area contributed by atoms with E-state index in [0.29, 0.717) is 18.3 Å². The standard InChI is InChI=1S/C10H11F2N.ClH/c11-6-9(7-13)5-8-1-3-10(12)4-2-8;/h1-4,6H,5,7,13H2;1H. The van der Waals surface area contributed by atoms with Crippen molar-refractivity contribution in [1.29, 1.82) is 0 Å². The highest BCUT2D eigenvalue weighted by molar-refractivity contribution is 5.85. The topological polar surface area (TPSA) is 26.0 Å². The average Bonchev–Trinajstić information content (AvgIpc) is 2.17. The fraction of sp³-hybridized carbons (Fsp3) is 0.200. The van der Waals surface area contributed by atoms with Crippen LogP contribution in [0.4, 0.5) is 8.78 Å². The first kappa shape index (κ1) is 13.1. The van der Waals surface area contributed by atoms with E-state index in [1.165, 1.54) is 12.1 Å². The normalized spacial score (nSPS) is 10.9. The Bertz CT molecular complexity index is 295. The van der Waals surface area contributed by atoms with Gasteiger partial charge in [0.2, 0.25) is 0 Å². The van der Waals surface area contributed by atoms with Gasteiger partial charge < -0.3 is 5.73 Å². The highest BCUT2D eigenvalue weighted by atomic mass is 35.5. The summed E-state index contributed by atoms with van der Waals surface area (Å²) >= 11 is 0. The molecule has 1 rings (SSSR count). The third-order valence-corrected chi connectivity index (χ3v) is 1.76. The van der Waals surface area contributed by atoms with Gasteiger partial charge in [0.15, 0.2) is 0 Å². The number of halogens is 3. The van der Waals surface area contributed by atoms with Crippen molar-refractivity contribution in [3.63, 3.8) is 0 Å². The maximum Gasteiger partial charge on any atom is 0.123 e. The fourth-order valence-electron chi connectivity index (χ4n) is 1.02. The summed E-state index contributed by atoms with van der Waals surface area (Å²) in [5, 5.41) is 0. The van der Waals surface area contributed by atoms with Crippen molar-refractivity contribution < 1.29 is 8.78 Å². The molecular formula is C10H12ClF2N. The lowest BCUT2D eigenvalue weighted by atomic mass is 10.1.